The summed E-state index contributed by atoms with van der Waals surface area (Å²) in [5.41, 5.74) is 3.03. The van der Waals surface area contributed by atoms with E-state index in [-0.39, 0.29) is 29.6 Å². The van der Waals surface area contributed by atoms with Gasteiger partial charge in [-0.25, -0.2) is 0 Å². The molecule has 2 atom stereocenters. The summed E-state index contributed by atoms with van der Waals surface area (Å²) >= 11 is 0. The Kier molecular flexibility index (Phi) is 4.97. The Morgan fingerprint density at radius 3 is 2.79 bits per heavy atom. The molecular formula is C21H28N4O3. The molecule has 3 aliphatic heterocycles. The van der Waals surface area contributed by atoms with Crippen molar-refractivity contribution >= 4 is 17.7 Å². The fourth-order valence-corrected chi connectivity index (χ4v) is 4.53. The van der Waals surface area contributed by atoms with E-state index in [0.717, 1.165) is 24.2 Å². The summed E-state index contributed by atoms with van der Waals surface area (Å²) in [5.74, 6) is -0.754. The molecule has 3 N–H and O–H groups in total. The van der Waals surface area contributed by atoms with Crippen LogP contribution in [0.2, 0.25) is 0 Å². The average Bonchev–Trinajstić information content (AvgIpc) is 3.15. The lowest BCUT2D eigenvalue weighted by Crippen LogP contribution is -2.52. The highest BCUT2D eigenvalue weighted by Gasteiger charge is 2.39. The molecule has 0 spiro atoms. The van der Waals surface area contributed by atoms with Crippen molar-refractivity contribution in [3.8, 4) is 0 Å². The quantitative estimate of drug-likeness (QED) is 0.657. The second kappa shape index (κ2) is 7.29. The average molecular weight is 384 g/mol. The molecule has 150 valence electrons. The maximum absolute atomic E-state index is 12.9. The van der Waals surface area contributed by atoms with Crippen molar-refractivity contribution < 1.29 is 14.4 Å². The van der Waals surface area contributed by atoms with E-state index in [0.29, 0.717) is 31.1 Å². The number of carbonyl (C=O) groups is 3. The lowest BCUT2D eigenvalue weighted by atomic mass is 9.85. The van der Waals surface area contributed by atoms with E-state index in [1.807, 2.05) is 18.2 Å². The van der Waals surface area contributed by atoms with Gasteiger partial charge in [-0.2, -0.15) is 0 Å². The number of imide groups is 1. The number of carbonyl (C=O) groups excluding carboxylic acids is 3. The molecule has 0 aromatic heterocycles. The van der Waals surface area contributed by atoms with Crippen molar-refractivity contribution in [1.82, 2.24) is 20.9 Å². The van der Waals surface area contributed by atoms with E-state index < -0.39 is 6.04 Å². The van der Waals surface area contributed by atoms with Crippen LogP contribution in [-0.2, 0) is 22.7 Å². The molecule has 1 aromatic rings. The van der Waals surface area contributed by atoms with Crippen molar-refractivity contribution in [1.29, 1.82) is 0 Å². The zero-order valence-electron chi connectivity index (χ0n) is 16.5. The normalized spacial score (nSPS) is 26.5. The van der Waals surface area contributed by atoms with Gasteiger partial charge in [-0.1, -0.05) is 26.0 Å². The molecule has 3 heterocycles. The third-order valence-corrected chi connectivity index (χ3v) is 6.45. The number of benzene rings is 1. The zero-order valence-corrected chi connectivity index (χ0v) is 16.5. The van der Waals surface area contributed by atoms with Crippen LogP contribution in [0.25, 0.3) is 0 Å². The first kappa shape index (κ1) is 19.1. The van der Waals surface area contributed by atoms with Gasteiger partial charge in [0.15, 0.2) is 0 Å². The van der Waals surface area contributed by atoms with Crippen molar-refractivity contribution in [2.24, 2.45) is 5.41 Å². The summed E-state index contributed by atoms with van der Waals surface area (Å²) in [4.78, 5) is 38.1. The Labute approximate surface area is 165 Å². The second-order valence-electron chi connectivity index (χ2n) is 8.72. The van der Waals surface area contributed by atoms with Crippen LogP contribution in [0, 0.1) is 5.41 Å². The van der Waals surface area contributed by atoms with E-state index >= 15 is 0 Å². The summed E-state index contributed by atoms with van der Waals surface area (Å²) in [7, 11) is 0. The smallest absolute Gasteiger partial charge is 0.255 e. The Morgan fingerprint density at radius 2 is 2.07 bits per heavy atom. The number of rotatable bonds is 5. The predicted octanol–water partition coefficient (Wildman–Crippen LogP) is 0.925. The minimum absolute atomic E-state index is 0.120. The van der Waals surface area contributed by atoms with Crippen molar-refractivity contribution in [2.45, 2.75) is 58.3 Å². The number of hydrogen-bond donors (Lipinski definition) is 3. The molecule has 2 saturated heterocycles. The van der Waals surface area contributed by atoms with Gasteiger partial charge in [0.25, 0.3) is 5.91 Å². The van der Waals surface area contributed by atoms with E-state index in [1.54, 1.807) is 4.90 Å². The molecule has 0 radical (unpaired) electrons. The van der Waals surface area contributed by atoms with Crippen LogP contribution >= 0.6 is 0 Å². The monoisotopic (exact) mass is 384 g/mol. The first-order chi connectivity index (χ1) is 13.4. The van der Waals surface area contributed by atoms with Crippen LogP contribution in [0.5, 0.6) is 0 Å². The first-order valence-electron chi connectivity index (χ1n) is 10.1. The summed E-state index contributed by atoms with van der Waals surface area (Å²) < 4.78 is 0. The lowest BCUT2D eigenvalue weighted by molar-refractivity contribution is -0.136. The van der Waals surface area contributed by atoms with Crippen LogP contribution in [0.3, 0.4) is 0 Å². The van der Waals surface area contributed by atoms with Crippen molar-refractivity contribution in [3.63, 3.8) is 0 Å². The van der Waals surface area contributed by atoms with Gasteiger partial charge in [0.1, 0.15) is 6.04 Å². The van der Waals surface area contributed by atoms with Gasteiger partial charge in [-0.15, -0.1) is 0 Å². The van der Waals surface area contributed by atoms with Crippen LogP contribution in [0.4, 0.5) is 0 Å². The minimum Gasteiger partial charge on any atom is -0.322 e. The third kappa shape index (κ3) is 3.44. The number of fused-ring (bicyclic) bond motifs is 1. The number of amides is 3. The molecule has 2 unspecified atom stereocenters. The number of hydrogen-bond acceptors (Lipinski definition) is 5. The summed E-state index contributed by atoms with van der Waals surface area (Å²) in [6.45, 7) is 7.61. The van der Waals surface area contributed by atoms with E-state index in [4.69, 9.17) is 0 Å². The fraction of sp³-hybridized carbons (Fsp3) is 0.571. The number of piperidine rings is 1. The van der Waals surface area contributed by atoms with Gasteiger partial charge in [-0.3, -0.25) is 19.7 Å². The molecule has 28 heavy (non-hydrogen) atoms. The molecule has 0 aliphatic carbocycles. The highest BCUT2D eigenvalue weighted by Crippen LogP contribution is 2.31. The Bertz CT molecular complexity index is 820. The topological polar surface area (TPSA) is 90.5 Å². The Hall–Kier alpha value is -2.25. The van der Waals surface area contributed by atoms with Crippen LogP contribution < -0.4 is 16.0 Å². The molecular weight excluding hydrogens is 356 g/mol. The summed E-state index contributed by atoms with van der Waals surface area (Å²) in [6.07, 6.45) is 1.84. The van der Waals surface area contributed by atoms with Gasteiger partial charge < -0.3 is 15.5 Å². The third-order valence-electron chi connectivity index (χ3n) is 6.45. The summed E-state index contributed by atoms with van der Waals surface area (Å²) in [6, 6.07) is 5.64. The molecule has 3 aliphatic rings. The molecule has 0 bridgehead atoms. The highest BCUT2D eigenvalue weighted by atomic mass is 16.2. The van der Waals surface area contributed by atoms with Gasteiger partial charge in [0.05, 0.1) is 0 Å². The summed E-state index contributed by atoms with van der Waals surface area (Å²) in [5, 5.41) is 9.44. The molecule has 1 aromatic carbocycles. The lowest BCUT2D eigenvalue weighted by Gasteiger charge is -2.29. The van der Waals surface area contributed by atoms with E-state index in [9.17, 15) is 14.4 Å². The maximum atomic E-state index is 12.9. The second-order valence-corrected chi connectivity index (χ2v) is 8.72. The molecule has 3 amide bonds. The largest absolute Gasteiger partial charge is 0.322 e. The first-order valence-corrected chi connectivity index (χ1v) is 10.1. The molecule has 0 saturated carbocycles. The standard InChI is InChI=1S/C21H28N4O3/c1-21(2)8-9-23-17(21)11-22-10-13-4-3-5-14-15(13)12-25(20(14)28)16-6-7-18(26)24-19(16)27/h3-5,16-17,22-23H,6-12H2,1-2H3,(H,24,26,27). The van der Waals surface area contributed by atoms with Crippen LogP contribution in [0.1, 0.15) is 54.6 Å². The van der Waals surface area contributed by atoms with Crippen LogP contribution in [-0.4, -0.2) is 47.8 Å². The minimum atomic E-state index is -0.568. The number of nitrogens with zero attached hydrogens (tertiary/aromatic N) is 1. The molecule has 2 fully saturated rings. The van der Waals surface area contributed by atoms with Gasteiger partial charge in [0.2, 0.25) is 11.8 Å². The van der Waals surface area contributed by atoms with Crippen molar-refractivity contribution in [3.05, 3.63) is 34.9 Å². The van der Waals surface area contributed by atoms with Gasteiger partial charge in [0, 0.05) is 37.7 Å². The van der Waals surface area contributed by atoms with Gasteiger partial charge in [-0.05, 0) is 42.0 Å². The number of nitrogens with one attached hydrogen (secondary N) is 3. The predicted molar refractivity (Wildman–Crippen MR) is 104 cm³/mol. The van der Waals surface area contributed by atoms with E-state index in [1.165, 1.54) is 6.42 Å². The molecule has 4 rings (SSSR count). The maximum Gasteiger partial charge on any atom is 0.255 e. The van der Waals surface area contributed by atoms with Gasteiger partial charge >= 0.3 is 0 Å². The van der Waals surface area contributed by atoms with Crippen molar-refractivity contribution in [2.75, 3.05) is 13.1 Å². The Morgan fingerprint density at radius 1 is 1.25 bits per heavy atom. The SMILES string of the molecule is CC1(C)CCNC1CNCc1cccc2c1CN(C1CCC(=O)NC1=O)C2=O. The zero-order chi connectivity index (χ0) is 19.9. The fourth-order valence-electron chi connectivity index (χ4n) is 4.53. The molecule has 7 nitrogen and oxygen atoms in total. The highest BCUT2D eigenvalue weighted by molar-refractivity contribution is 6.05. The van der Waals surface area contributed by atoms with Crippen LogP contribution in [0.15, 0.2) is 18.2 Å². The van der Waals surface area contributed by atoms with E-state index in [2.05, 4.69) is 29.8 Å². The Balaban J connectivity index is 1.44. The molecule has 7 heteroatoms.